The Morgan fingerprint density at radius 3 is 2.55 bits per heavy atom. The maximum absolute atomic E-state index is 12.1. The van der Waals surface area contributed by atoms with E-state index in [0.29, 0.717) is 23.7 Å². The zero-order valence-electron chi connectivity index (χ0n) is 21.4. The Hall–Kier alpha value is -2.45. The van der Waals surface area contributed by atoms with E-state index >= 15 is 0 Å². The number of aliphatic hydroxyl groups excluding tert-OH is 2. The van der Waals surface area contributed by atoms with Crippen molar-refractivity contribution >= 4 is 43.3 Å². The lowest BCUT2D eigenvalue weighted by atomic mass is 9.93. The molecule has 3 aromatic heterocycles. The van der Waals surface area contributed by atoms with Gasteiger partial charge in [0.05, 0.1) is 39.5 Å². The molecule has 3 aliphatic carbocycles. The van der Waals surface area contributed by atoms with Crippen molar-refractivity contribution in [3.8, 4) is 10.6 Å². The lowest BCUT2D eigenvalue weighted by Gasteiger charge is -2.27. The van der Waals surface area contributed by atoms with Crippen LogP contribution in [-0.4, -0.2) is 75.7 Å². The van der Waals surface area contributed by atoms with Crippen molar-refractivity contribution in [2.24, 2.45) is 5.92 Å². The van der Waals surface area contributed by atoms with Crippen LogP contribution in [0.15, 0.2) is 12.3 Å². The zero-order valence-corrected chi connectivity index (χ0v) is 23.0. The number of hydrogen-bond donors (Lipinski definition) is 5. The summed E-state index contributed by atoms with van der Waals surface area (Å²) in [6.45, 7) is 1.92. The number of hydrogen-bond acceptors (Lipinski definition) is 11. The second kappa shape index (κ2) is 9.94. The van der Waals surface area contributed by atoms with Crippen LogP contribution in [0.25, 0.3) is 20.8 Å². The number of nitrogens with one attached hydrogen (secondary N) is 3. The first-order valence-corrected chi connectivity index (χ1v) is 15.6. The van der Waals surface area contributed by atoms with Gasteiger partial charge < -0.3 is 20.8 Å². The maximum atomic E-state index is 12.1. The molecule has 3 aromatic rings. The highest BCUT2D eigenvalue weighted by atomic mass is 32.2. The normalized spacial score (nSPS) is 26.0. The molecule has 6 rings (SSSR count). The van der Waals surface area contributed by atoms with Crippen LogP contribution in [-0.2, 0) is 10.0 Å². The first-order valence-electron chi connectivity index (χ1n) is 13.2. The minimum Gasteiger partial charge on any atom is -0.390 e. The summed E-state index contributed by atoms with van der Waals surface area (Å²) in [5.74, 6) is 0.584. The fourth-order valence-electron chi connectivity index (χ4n) is 5.34. The fraction of sp³-hybridized carbons (Fsp3) is 0.600. The average molecular weight is 560 g/mol. The van der Waals surface area contributed by atoms with Crippen LogP contribution in [0.3, 0.4) is 0 Å². The van der Waals surface area contributed by atoms with Crippen molar-refractivity contribution in [1.29, 1.82) is 0 Å². The number of anilines is 2. The van der Waals surface area contributed by atoms with Crippen LogP contribution in [0.1, 0.15) is 55.8 Å². The van der Waals surface area contributed by atoms with E-state index < -0.39 is 34.2 Å². The van der Waals surface area contributed by atoms with Crippen molar-refractivity contribution in [3.05, 3.63) is 23.7 Å². The van der Waals surface area contributed by atoms with Crippen LogP contribution in [0.4, 0.5) is 11.8 Å². The van der Waals surface area contributed by atoms with E-state index in [1.807, 2.05) is 19.2 Å². The third-order valence-electron chi connectivity index (χ3n) is 7.91. The minimum absolute atomic E-state index is 0.265. The zero-order chi connectivity index (χ0) is 26.6. The molecular weight excluding hydrogens is 526 g/mol. The Balaban J connectivity index is 1.36. The largest absolute Gasteiger partial charge is 0.390 e. The highest BCUT2D eigenvalue weighted by Crippen LogP contribution is 2.44. The van der Waals surface area contributed by atoms with Crippen LogP contribution in [0.5, 0.6) is 0 Å². The number of aromatic nitrogens is 4. The molecule has 3 aliphatic rings. The van der Waals surface area contributed by atoms with Gasteiger partial charge in [0.2, 0.25) is 16.0 Å². The van der Waals surface area contributed by atoms with Gasteiger partial charge in [0.1, 0.15) is 22.4 Å². The van der Waals surface area contributed by atoms with E-state index in [1.165, 1.54) is 13.5 Å². The predicted molar refractivity (Wildman–Crippen MR) is 147 cm³/mol. The lowest BCUT2D eigenvalue weighted by molar-refractivity contribution is 0.0216. The SMILES string of the molecule is CNS(=O)(=O)C[C@H]1CC(Nc2nc(NC3CCC3)nc(C)c2-c2nc3c(C4CC4)nccc3s2)[C@H](O)[C@@H]1O. The van der Waals surface area contributed by atoms with E-state index in [9.17, 15) is 18.6 Å². The van der Waals surface area contributed by atoms with Gasteiger partial charge in [-0.25, -0.2) is 23.1 Å². The van der Waals surface area contributed by atoms with E-state index in [1.54, 1.807) is 11.3 Å². The molecule has 0 bridgehead atoms. The first-order chi connectivity index (χ1) is 18.2. The molecule has 204 valence electrons. The Bertz CT molecular complexity index is 1460. The van der Waals surface area contributed by atoms with E-state index in [4.69, 9.17) is 15.0 Å². The minimum atomic E-state index is -3.55. The number of rotatable bonds is 9. The summed E-state index contributed by atoms with van der Waals surface area (Å²) in [5, 5.41) is 29.0. The molecule has 13 heteroatoms. The Kier molecular flexibility index (Phi) is 6.75. The summed E-state index contributed by atoms with van der Waals surface area (Å²) in [4.78, 5) is 19.1. The number of thiazole rings is 1. The van der Waals surface area contributed by atoms with Gasteiger partial charge in [0.25, 0.3) is 0 Å². The van der Waals surface area contributed by atoms with Crippen molar-refractivity contribution < 1.29 is 18.6 Å². The number of pyridine rings is 1. The van der Waals surface area contributed by atoms with Crippen LogP contribution in [0, 0.1) is 12.8 Å². The second-order valence-electron chi connectivity index (χ2n) is 10.7. The number of aliphatic hydroxyl groups is 2. The van der Waals surface area contributed by atoms with Crippen molar-refractivity contribution in [2.75, 3.05) is 23.4 Å². The summed E-state index contributed by atoms with van der Waals surface area (Å²) < 4.78 is 27.6. The molecule has 11 nitrogen and oxygen atoms in total. The fourth-order valence-corrected chi connectivity index (χ4v) is 7.48. The second-order valence-corrected chi connectivity index (χ2v) is 13.7. The monoisotopic (exact) mass is 559 g/mol. The number of sulfonamides is 1. The van der Waals surface area contributed by atoms with Gasteiger partial charge in [-0.05, 0) is 58.6 Å². The van der Waals surface area contributed by atoms with Gasteiger partial charge >= 0.3 is 0 Å². The Labute approximate surface area is 225 Å². The predicted octanol–water partition coefficient (Wildman–Crippen LogP) is 2.37. The summed E-state index contributed by atoms with van der Waals surface area (Å²) in [7, 11) is -2.21. The molecule has 3 fully saturated rings. The van der Waals surface area contributed by atoms with E-state index in [0.717, 1.165) is 57.9 Å². The summed E-state index contributed by atoms with van der Waals surface area (Å²) >= 11 is 1.55. The van der Waals surface area contributed by atoms with E-state index in [-0.39, 0.29) is 12.2 Å². The van der Waals surface area contributed by atoms with Crippen molar-refractivity contribution in [1.82, 2.24) is 24.7 Å². The molecule has 4 atom stereocenters. The summed E-state index contributed by atoms with van der Waals surface area (Å²) in [6.07, 6.45) is 5.33. The lowest BCUT2D eigenvalue weighted by Crippen LogP contribution is -2.37. The van der Waals surface area contributed by atoms with Gasteiger partial charge in [0.15, 0.2) is 0 Å². The van der Waals surface area contributed by atoms with Crippen molar-refractivity contribution in [2.45, 2.75) is 75.7 Å². The molecule has 5 N–H and O–H groups in total. The third-order valence-corrected chi connectivity index (χ3v) is 10.4. The van der Waals surface area contributed by atoms with Crippen LogP contribution in [0.2, 0.25) is 0 Å². The van der Waals surface area contributed by atoms with Gasteiger partial charge in [-0.3, -0.25) is 4.98 Å². The van der Waals surface area contributed by atoms with Crippen LogP contribution >= 0.6 is 11.3 Å². The Morgan fingerprint density at radius 1 is 1.08 bits per heavy atom. The molecular formula is C25H33N7O4S2. The smallest absolute Gasteiger partial charge is 0.225 e. The number of aryl methyl sites for hydroxylation is 1. The molecule has 1 unspecified atom stereocenters. The molecule has 0 saturated heterocycles. The molecule has 3 heterocycles. The quantitative estimate of drug-likeness (QED) is 0.263. The molecule has 3 saturated carbocycles. The van der Waals surface area contributed by atoms with E-state index in [2.05, 4.69) is 20.3 Å². The highest BCUT2D eigenvalue weighted by Gasteiger charge is 2.43. The summed E-state index contributed by atoms with van der Waals surface area (Å²) in [5.41, 5.74) is 3.42. The summed E-state index contributed by atoms with van der Waals surface area (Å²) in [6, 6.07) is 1.71. The van der Waals surface area contributed by atoms with Crippen molar-refractivity contribution in [3.63, 3.8) is 0 Å². The van der Waals surface area contributed by atoms with Crippen LogP contribution < -0.4 is 15.4 Å². The molecule has 0 aliphatic heterocycles. The maximum Gasteiger partial charge on any atom is 0.225 e. The van der Waals surface area contributed by atoms with Gasteiger partial charge in [-0.2, -0.15) is 4.98 Å². The Morgan fingerprint density at radius 2 is 1.87 bits per heavy atom. The first kappa shape index (κ1) is 25.8. The molecule has 38 heavy (non-hydrogen) atoms. The standard InChI is InChI=1S/C25H33N7O4S2/c1-12-18(24-31-20-17(37-24)8-9-27-19(20)13-6-7-13)23(32-25(28-12)29-15-4-3-5-15)30-16-10-14(21(33)22(16)34)11-38(35,36)26-2/h8-9,13-16,21-22,26,33-34H,3-7,10-11H2,1-2H3,(H2,28,29,30,32)/t14-,16?,21-,22+/m1/s1. The topological polar surface area (TPSA) is 162 Å². The molecule has 0 radical (unpaired) electrons. The molecule has 0 aromatic carbocycles. The number of nitrogens with zero attached hydrogens (tertiary/aromatic N) is 4. The highest BCUT2D eigenvalue weighted by molar-refractivity contribution is 7.89. The average Bonchev–Trinajstić information content (AvgIpc) is 3.56. The third kappa shape index (κ3) is 4.97. The molecule has 0 amide bonds. The van der Waals surface area contributed by atoms with Gasteiger partial charge in [-0.1, -0.05) is 0 Å². The number of fused-ring (bicyclic) bond motifs is 1. The van der Waals surface area contributed by atoms with Gasteiger partial charge in [0, 0.05) is 24.1 Å². The van der Waals surface area contributed by atoms with Gasteiger partial charge in [-0.15, -0.1) is 11.3 Å². The molecule has 0 spiro atoms.